The first-order chi connectivity index (χ1) is 16.3. The molecule has 0 saturated heterocycles. The van der Waals surface area contributed by atoms with Crippen LogP contribution in [0.2, 0.25) is 0 Å². The summed E-state index contributed by atoms with van der Waals surface area (Å²) in [6, 6.07) is 18.5. The topological polar surface area (TPSA) is 92.9 Å². The Morgan fingerprint density at radius 2 is 1.50 bits per heavy atom. The van der Waals surface area contributed by atoms with Crippen molar-refractivity contribution in [2.24, 2.45) is 0 Å². The van der Waals surface area contributed by atoms with Gasteiger partial charge in [0.2, 0.25) is 15.8 Å². The van der Waals surface area contributed by atoms with Gasteiger partial charge in [0.1, 0.15) is 5.82 Å². The van der Waals surface area contributed by atoms with Gasteiger partial charge in [-0.25, -0.2) is 12.7 Å². The number of rotatable bonds is 8. The van der Waals surface area contributed by atoms with E-state index in [0.717, 1.165) is 33.5 Å². The van der Waals surface area contributed by atoms with Gasteiger partial charge in [-0.05, 0) is 23.8 Å². The zero-order valence-electron chi connectivity index (χ0n) is 19.7. The Morgan fingerprint density at radius 1 is 0.853 bits per heavy atom. The first kappa shape index (κ1) is 23.5. The van der Waals surface area contributed by atoms with Crippen LogP contribution >= 0.6 is 0 Å². The molecule has 0 aliphatic carbocycles. The Bertz CT molecular complexity index is 1400. The number of sulfonamides is 1. The normalized spacial score (nSPS) is 11.6. The summed E-state index contributed by atoms with van der Waals surface area (Å²) in [4.78, 5) is 3.68. The summed E-state index contributed by atoms with van der Waals surface area (Å²) in [5, 5.41) is 4.37. The van der Waals surface area contributed by atoms with E-state index in [2.05, 4.69) is 10.3 Å². The van der Waals surface area contributed by atoms with Gasteiger partial charge in [0.05, 0.1) is 31.7 Å². The van der Waals surface area contributed by atoms with Gasteiger partial charge in [0.25, 0.3) is 0 Å². The first-order valence-corrected chi connectivity index (χ1v) is 11.9. The van der Waals surface area contributed by atoms with Crippen molar-refractivity contribution in [1.82, 2.24) is 9.29 Å². The second-order valence-corrected chi connectivity index (χ2v) is 9.96. The van der Waals surface area contributed by atoms with Crippen LogP contribution in [0.3, 0.4) is 0 Å². The molecule has 0 radical (unpaired) electrons. The molecule has 34 heavy (non-hydrogen) atoms. The molecule has 0 atom stereocenters. The summed E-state index contributed by atoms with van der Waals surface area (Å²) >= 11 is 0. The number of ether oxygens (including phenoxy) is 3. The van der Waals surface area contributed by atoms with Crippen LogP contribution in [0.5, 0.6) is 17.2 Å². The first-order valence-electron chi connectivity index (χ1n) is 10.5. The van der Waals surface area contributed by atoms with Gasteiger partial charge in [-0.3, -0.25) is 0 Å². The monoisotopic (exact) mass is 481 g/mol. The molecule has 9 heteroatoms. The van der Waals surface area contributed by atoms with Crippen LogP contribution in [0.25, 0.3) is 22.0 Å². The number of nitrogens with zero attached hydrogens (tertiary/aromatic N) is 1. The number of aromatic amines is 1. The van der Waals surface area contributed by atoms with Crippen molar-refractivity contribution in [2.45, 2.75) is 4.90 Å². The minimum Gasteiger partial charge on any atom is -0.493 e. The van der Waals surface area contributed by atoms with Crippen molar-refractivity contribution in [3.8, 4) is 28.4 Å². The third-order valence-electron chi connectivity index (χ3n) is 5.54. The lowest BCUT2D eigenvalue weighted by Gasteiger charge is -2.14. The molecule has 0 fully saturated rings. The van der Waals surface area contributed by atoms with Crippen LogP contribution in [0.1, 0.15) is 0 Å². The van der Waals surface area contributed by atoms with Crippen molar-refractivity contribution in [3.63, 3.8) is 0 Å². The lowest BCUT2D eigenvalue weighted by atomic mass is 10.0. The standard InChI is InChI=1S/C25H27N3O5S/c1-28(2)34(29,30)19-11-9-16(10-12-19)20-8-6-7-17-13-23(27-24(17)20)26-18-14-21(31-3)25(33-5)22(15-18)32-4/h6-15,26-27H,1-5H3. The number of benzene rings is 3. The lowest BCUT2D eigenvalue weighted by Crippen LogP contribution is -2.22. The highest BCUT2D eigenvalue weighted by molar-refractivity contribution is 7.89. The highest BCUT2D eigenvalue weighted by Gasteiger charge is 2.18. The van der Waals surface area contributed by atoms with Gasteiger partial charge in [0.15, 0.2) is 11.5 Å². The zero-order valence-corrected chi connectivity index (χ0v) is 20.5. The smallest absolute Gasteiger partial charge is 0.242 e. The molecule has 4 rings (SSSR count). The Morgan fingerprint density at radius 3 is 2.06 bits per heavy atom. The van der Waals surface area contributed by atoms with E-state index >= 15 is 0 Å². The molecule has 0 aliphatic heterocycles. The van der Waals surface area contributed by atoms with Crippen molar-refractivity contribution in [3.05, 3.63) is 60.7 Å². The van der Waals surface area contributed by atoms with E-state index < -0.39 is 10.0 Å². The van der Waals surface area contributed by atoms with E-state index in [0.29, 0.717) is 17.2 Å². The number of methoxy groups -OCH3 is 3. The third-order valence-corrected chi connectivity index (χ3v) is 7.37. The zero-order chi connectivity index (χ0) is 24.5. The molecule has 4 aromatic rings. The van der Waals surface area contributed by atoms with Gasteiger partial charge < -0.3 is 24.5 Å². The summed E-state index contributed by atoms with van der Waals surface area (Å²) in [6.07, 6.45) is 0. The molecule has 0 amide bonds. The van der Waals surface area contributed by atoms with Gasteiger partial charge in [-0.2, -0.15) is 0 Å². The molecule has 0 bridgehead atoms. The van der Waals surface area contributed by atoms with E-state index in [4.69, 9.17) is 14.2 Å². The SMILES string of the molecule is COc1cc(Nc2cc3cccc(-c4ccc(S(=O)(=O)N(C)C)cc4)c3[nH]2)cc(OC)c1OC. The van der Waals surface area contributed by atoms with Crippen LogP contribution in [-0.2, 0) is 10.0 Å². The minimum atomic E-state index is -3.48. The molecular weight excluding hydrogens is 454 g/mol. The van der Waals surface area contributed by atoms with Gasteiger partial charge in [-0.1, -0.05) is 30.3 Å². The predicted molar refractivity (Wildman–Crippen MR) is 134 cm³/mol. The van der Waals surface area contributed by atoms with Crippen LogP contribution in [0.4, 0.5) is 11.5 Å². The predicted octanol–water partition coefficient (Wildman–Crippen LogP) is 4.85. The molecule has 8 nitrogen and oxygen atoms in total. The highest BCUT2D eigenvalue weighted by Crippen LogP contribution is 2.41. The average molecular weight is 482 g/mol. The Hall–Kier alpha value is -3.69. The van der Waals surface area contributed by atoms with E-state index in [1.54, 1.807) is 33.5 Å². The van der Waals surface area contributed by atoms with E-state index in [-0.39, 0.29) is 4.90 Å². The molecule has 2 N–H and O–H groups in total. The molecule has 0 spiro atoms. The summed E-state index contributed by atoms with van der Waals surface area (Å²) in [5.41, 5.74) is 3.57. The number of fused-ring (bicyclic) bond motifs is 1. The van der Waals surface area contributed by atoms with Crippen LogP contribution < -0.4 is 19.5 Å². The minimum absolute atomic E-state index is 0.254. The van der Waals surface area contributed by atoms with E-state index in [9.17, 15) is 8.42 Å². The van der Waals surface area contributed by atoms with Crippen LogP contribution in [0, 0.1) is 0 Å². The van der Waals surface area contributed by atoms with Gasteiger partial charge >= 0.3 is 0 Å². The average Bonchev–Trinajstić information content (AvgIpc) is 3.25. The molecule has 0 unspecified atom stereocenters. The molecule has 3 aromatic carbocycles. The number of hydrogen-bond acceptors (Lipinski definition) is 6. The van der Waals surface area contributed by atoms with Crippen molar-refractivity contribution < 1.29 is 22.6 Å². The molecule has 178 valence electrons. The van der Waals surface area contributed by atoms with E-state index in [1.165, 1.54) is 18.4 Å². The Balaban J connectivity index is 1.70. The number of anilines is 2. The molecule has 0 aliphatic rings. The van der Waals surface area contributed by atoms with Crippen molar-refractivity contribution >= 4 is 32.4 Å². The maximum Gasteiger partial charge on any atom is 0.242 e. The number of H-pyrrole nitrogens is 1. The largest absolute Gasteiger partial charge is 0.493 e. The van der Waals surface area contributed by atoms with E-state index in [1.807, 2.05) is 48.5 Å². The number of aromatic nitrogens is 1. The molecule has 0 saturated carbocycles. The number of hydrogen-bond donors (Lipinski definition) is 2. The van der Waals surface area contributed by atoms with Crippen molar-refractivity contribution in [1.29, 1.82) is 0 Å². The summed E-state index contributed by atoms with van der Waals surface area (Å²) < 4.78 is 42.2. The maximum atomic E-state index is 12.4. The van der Waals surface area contributed by atoms with Crippen LogP contribution in [-0.4, -0.2) is 53.1 Å². The van der Waals surface area contributed by atoms with Gasteiger partial charge in [-0.15, -0.1) is 0 Å². The third kappa shape index (κ3) is 4.27. The summed E-state index contributed by atoms with van der Waals surface area (Å²) in [6.45, 7) is 0. The fourth-order valence-electron chi connectivity index (χ4n) is 3.79. The lowest BCUT2D eigenvalue weighted by molar-refractivity contribution is 0.324. The van der Waals surface area contributed by atoms with Crippen molar-refractivity contribution in [2.75, 3.05) is 40.7 Å². The second kappa shape index (κ2) is 9.28. The quantitative estimate of drug-likeness (QED) is 0.374. The van der Waals surface area contributed by atoms with Gasteiger partial charge in [0, 0.05) is 42.9 Å². The van der Waals surface area contributed by atoms with Crippen LogP contribution in [0.15, 0.2) is 65.6 Å². The Labute approximate surface area is 199 Å². The number of nitrogens with one attached hydrogen (secondary N) is 2. The maximum absolute atomic E-state index is 12.4. The summed E-state index contributed by atoms with van der Waals surface area (Å²) in [7, 11) is 4.27. The molecule has 1 aromatic heterocycles. The fourth-order valence-corrected chi connectivity index (χ4v) is 4.69. The highest BCUT2D eigenvalue weighted by atomic mass is 32.2. The second-order valence-electron chi connectivity index (χ2n) is 7.80. The fraction of sp³-hybridized carbons (Fsp3) is 0.200. The molecular formula is C25H27N3O5S. The Kier molecular flexibility index (Phi) is 6.41. The summed E-state index contributed by atoms with van der Waals surface area (Å²) in [5.74, 6) is 2.40. The number of para-hydroxylation sites is 1. The molecule has 1 heterocycles.